The molecule has 264 valence electrons. The molecule has 3 aliphatic heterocycles. The van der Waals surface area contributed by atoms with E-state index in [1.807, 2.05) is 0 Å². The molecule has 2 N–H and O–H groups in total. The van der Waals surface area contributed by atoms with Crippen molar-refractivity contribution in [2.75, 3.05) is 37.8 Å². The van der Waals surface area contributed by atoms with Gasteiger partial charge in [0.1, 0.15) is 17.4 Å². The first-order valence-corrected chi connectivity index (χ1v) is 16.3. The largest absolute Gasteiger partial charge is 0.482 e. The number of nitrogens with zero attached hydrogens (tertiary/aromatic N) is 6. The molecule has 1 aromatic carbocycles. The standard InChI is InChI=1S/C34H34F5N7O4/c1-17-12-44(21-14-49-15-21)6-5-26(17)46-33-22(11-42-46)30(31(32(40)48)24(43-33)7-18(2)34(37,38)39)19-3-4-27-28(8-19)50-16-29(47)45(27)13-25-23(36)9-20(35)10-41-25/h3-4,8-11,17-18,21,26H,5-7,12-16H2,1-2H3,(H2,40,48)/t17-,18?,26-/m1/s1. The SMILES string of the molecule is CC(Cc1nc2c(cnn2[C@@H]2CCN(C3COC3)C[C@H]2C)c(-c2ccc3c(c2)OCC(=O)N3Cc2ncc(F)cc2F)c1C(N)=O)C(F)(F)F. The number of alkyl halides is 3. The molecule has 1 unspecified atom stereocenters. The van der Waals surface area contributed by atoms with Crippen LogP contribution in [0.2, 0.25) is 0 Å². The minimum absolute atomic E-state index is 0.114. The van der Waals surface area contributed by atoms with Crippen LogP contribution in [0, 0.1) is 23.5 Å². The van der Waals surface area contributed by atoms with Gasteiger partial charge in [-0.25, -0.2) is 18.4 Å². The van der Waals surface area contributed by atoms with Crippen LogP contribution in [0.3, 0.4) is 0 Å². The third-order valence-corrected chi connectivity index (χ3v) is 9.85. The van der Waals surface area contributed by atoms with Gasteiger partial charge in [0, 0.05) is 36.5 Å². The second-order valence-corrected chi connectivity index (χ2v) is 13.2. The van der Waals surface area contributed by atoms with Crippen molar-refractivity contribution in [2.45, 2.75) is 51.5 Å². The van der Waals surface area contributed by atoms with Gasteiger partial charge < -0.3 is 15.2 Å². The average Bonchev–Trinajstić information content (AvgIpc) is 3.44. The van der Waals surface area contributed by atoms with Crippen molar-refractivity contribution in [1.29, 1.82) is 0 Å². The number of pyridine rings is 2. The number of carbonyl (C=O) groups excluding carboxylic acids is 2. The molecule has 2 amide bonds. The van der Waals surface area contributed by atoms with Crippen LogP contribution in [0.1, 0.15) is 48.1 Å². The van der Waals surface area contributed by atoms with E-state index in [2.05, 4.69) is 26.9 Å². The number of fused-ring (bicyclic) bond motifs is 2. The second-order valence-electron chi connectivity index (χ2n) is 13.2. The molecule has 7 rings (SSSR count). The first kappa shape index (κ1) is 33.8. The molecule has 2 fully saturated rings. The summed E-state index contributed by atoms with van der Waals surface area (Å²) in [6, 6.07) is 5.53. The van der Waals surface area contributed by atoms with Crippen molar-refractivity contribution in [3.05, 3.63) is 65.2 Å². The summed E-state index contributed by atoms with van der Waals surface area (Å²) >= 11 is 0. The number of piperidine rings is 1. The van der Waals surface area contributed by atoms with Gasteiger partial charge in [-0.05, 0) is 30.0 Å². The topological polar surface area (TPSA) is 129 Å². The normalized spacial score (nSPS) is 20.8. The zero-order valence-electron chi connectivity index (χ0n) is 27.2. The van der Waals surface area contributed by atoms with E-state index in [9.17, 15) is 31.5 Å². The van der Waals surface area contributed by atoms with Gasteiger partial charge in [-0.15, -0.1) is 0 Å². The number of aromatic nitrogens is 4. The summed E-state index contributed by atoms with van der Waals surface area (Å²) in [5, 5.41) is 5.09. The number of halogens is 5. The van der Waals surface area contributed by atoms with Gasteiger partial charge in [-0.2, -0.15) is 18.3 Å². The van der Waals surface area contributed by atoms with Crippen molar-refractivity contribution in [3.8, 4) is 16.9 Å². The zero-order chi connectivity index (χ0) is 35.5. The van der Waals surface area contributed by atoms with Gasteiger partial charge in [0.15, 0.2) is 12.3 Å². The molecule has 0 radical (unpaired) electrons. The Hall–Kier alpha value is -4.70. The van der Waals surface area contributed by atoms with Gasteiger partial charge in [0.2, 0.25) is 0 Å². The molecule has 4 aromatic rings. The third-order valence-electron chi connectivity index (χ3n) is 9.85. The lowest BCUT2D eigenvalue weighted by Gasteiger charge is -2.44. The molecular weight excluding hydrogens is 665 g/mol. The van der Waals surface area contributed by atoms with Crippen LogP contribution >= 0.6 is 0 Å². The Morgan fingerprint density at radius 2 is 1.92 bits per heavy atom. The summed E-state index contributed by atoms with van der Waals surface area (Å²) in [6.07, 6.45) is -2.06. The van der Waals surface area contributed by atoms with Crippen LogP contribution in [0.25, 0.3) is 22.2 Å². The number of carbonyl (C=O) groups is 2. The summed E-state index contributed by atoms with van der Waals surface area (Å²) in [6.45, 7) is 5.30. The highest BCUT2D eigenvalue weighted by atomic mass is 19.4. The Bertz CT molecular complexity index is 1980. The predicted octanol–water partition coefficient (Wildman–Crippen LogP) is 4.82. The number of hydrogen-bond acceptors (Lipinski definition) is 8. The van der Waals surface area contributed by atoms with Crippen molar-refractivity contribution < 1.29 is 41.0 Å². The number of likely N-dealkylation sites (tertiary alicyclic amines) is 1. The lowest BCUT2D eigenvalue weighted by Crippen LogP contribution is -2.54. The highest BCUT2D eigenvalue weighted by Crippen LogP contribution is 2.42. The Morgan fingerprint density at radius 3 is 2.58 bits per heavy atom. The Labute approximate surface area is 283 Å². The molecule has 0 saturated carbocycles. The van der Waals surface area contributed by atoms with Gasteiger partial charge in [-0.1, -0.05) is 19.9 Å². The number of primary amides is 1. The lowest BCUT2D eigenvalue weighted by atomic mass is 9.91. The quantitative estimate of drug-likeness (QED) is 0.260. The molecule has 3 atom stereocenters. The van der Waals surface area contributed by atoms with E-state index >= 15 is 0 Å². The summed E-state index contributed by atoms with van der Waals surface area (Å²) in [4.78, 5) is 38.1. The molecule has 3 aliphatic rings. The monoisotopic (exact) mass is 699 g/mol. The molecule has 11 nitrogen and oxygen atoms in total. The van der Waals surface area contributed by atoms with Crippen LogP contribution in [-0.2, 0) is 22.5 Å². The summed E-state index contributed by atoms with van der Waals surface area (Å²) in [7, 11) is 0. The molecule has 6 heterocycles. The minimum Gasteiger partial charge on any atom is -0.482 e. The summed E-state index contributed by atoms with van der Waals surface area (Å²) in [5.74, 6) is -4.81. The maximum absolute atomic E-state index is 14.5. The maximum atomic E-state index is 14.5. The smallest absolute Gasteiger partial charge is 0.391 e. The molecule has 16 heteroatoms. The van der Waals surface area contributed by atoms with Crippen LogP contribution in [0.4, 0.5) is 27.6 Å². The van der Waals surface area contributed by atoms with E-state index < -0.39 is 48.6 Å². The van der Waals surface area contributed by atoms with E-state index in [4.69, 9.17) is 15.2 Å². The summed E-state index contributed by atoms with van der Waals surface area (Å²) in [5.41, 5.74) is 6.60. The van der Waals surface area contributed by atoms with Crippen LogP contribution in [0.5, 0.6) is 5.75 Å². The third kappa shape index (κ3) is 6.14. The Balaban J connectivity index is 1.34. The first-order valence-electron chi connectivity index (χ1n) is 16.3. The van der Waals surface area contributed by atoms with Crippen molar-refractivity contribution in [1.82, 2.24) is 24.6 Å². The number of benzene rings is 1. The van der Waals surface area contributed by atoms with E-state index in [0.29, 0.717) is 41.9 Å². The van der Waals surface area contributed by atoms with Gasteiger partial charge >= 0.3 is 6.18 Å². The van der Waals surface area contributed by atoms with E-state index in [1.165, 1.54) is 11.0 Å². The molecular formula is C34H34F5N7O4. The second kappa shape index (κ2) is 12.9. The van der Waals surface area contributed by atoms with Crippen molar-refractivity contribution in [3.63, 3.8) is 0 Å². The van der Waals surface area contributed by atoms with Crippen LogP contribution < -0.4 is 15.4 Å². The molecule has 0 aliphatic carbocycles. The molecule has 50 heavy (non-hydrogen) atoms. The fourth-order valence-electron chi connectivity index (χ4n) is 7.00. The van der Waals surface area contributed by atoms with Gasteiger partial charge in [-0.3, -0.25) is 24.4 Å². The van der Waals surface area contributed by atoms with E-state index in [-0.39, 0.29) is 52.5 Å². The zero-order valence-corrected chi connectivity index (χ0v) is 27.2. The average molecular weight is 700 g/mol. The van der Waals surface area contributed by atoms with Crippen LogP contribution in [-0.4, -0.2) is 81.6 Å². The van der Waals surface area contributed by atoms with Crippen molar-refractivity contribution >= 4 is 28.5 Å². The highest BCUT2D eigenvalue weighted by Gasteiger charge is 2.39. The number of ether oxygens (including phenoxy) is 2. The summed E-state index contributed by atoms with van der Waals surface area (Å²) < 4.78 is 82.5. The molecule has 0 bridgehead atoms. The lowest BCUT2D eigenvalue weighted by molar-refractivity contribution is -0.169. The van der Waals surface area contributed by atoms with Crippen LogP contribution in [0.15, 0.2) is 36.7 Å². The predicted molar refractivity (Wildman–Crippen MR) is 170 cm³/mol. The number of hydrogen-bond donors (Lipinski definition) is 1. The number of nitrogens with two attached hydrogens (primary N) is 1. The first-order chi connectivity index (χ1) is 23.8. The Kier molecular flexibility index (Phi) is 8.70. The highest BCUT2D eigenvalue weighted by molar-refractivity contribution is 6.09. The molecule has 2 saturated heterocycles. The minimum atomic E-state index is -4.56. The number of amides is 2. The van der Waals surface area contributed by atoms with E-state index in [1.54, 1.807) is 23.0 Å². The fourth-order valence-corrected chi connectivity index (χ4v) is 7.00. The number of anilines is 1. The van der Waals surface area contributed by atoms with Crippen molar-refractivity contribution in [2.24, 2.45) is 17.6 Å². The number of rotatable bonds is 8. The van der Waals surface area contributed by atoms with Gasteiger partial charge in [0.05, 0.1) is 72.8 Å². The Morgan fingerprint density at radius 1 is 1.14 bits per heavy atom. The van der Waals surface area contributed by atoms with E-state index in [0.717, 1.165) is 32.6 Å². The maximum Gasteiger partial charge on any atom is 0.391 e. The molecule has 3 aromatic heterocycles. The molecule has 0 spiro atoms. The fraction of sp³-hybridized carbons (Fsp3) is 0.441. The van der Waals surface area contributed by atoms with Gasteiger partial charge in [0.25, 0.3) is 11.8 Å².